The Morgan fingerprint density at radius 2 is 2.19 bits per heavy atom. The lowest BCUT2D eigenvalue weighted by molar-refractivity contribution is 0.0498. The topological polar surface area (TPSA) is 47.7 Å². The van der Waals surface area contributed by atoms with Gasteiger partial charge in [0.05, 0.1) is 24.1 Å². The Morgan fingerprint density at radius 1 is 1.43 bits per heavy atom. The number of piperidine rings is 1. The highest BCUT2D eigenvalue weighted by Crippen LogP contribution is 2.34. The molecule has 21 heavy (non-hydrogen) atoms. The lowest BCUT2D eigenvalue weighted by Gasteiger charge is -2.38. The normalized spacial score (nSPS) is 22.4. The van der Waals surface area contributed by atoms with Crippen LogP contribution in [0.5, 0.6) is 5.75 Å². The van der Waals surface area contributed by atoms with E-state index in [0.717, 1.165) is 31.6 Å². The minimum atomic E-state index is -0.404. The summed E-state index contributed by atoms with van der Waals surface area (Å²) in [6.07, 6.45) is 2.04. The molecule has 1 aliphatic heterocycles. The number of methoxy groups -OCH3 is 1. The molecular formula is C16H25FN2O2. The Hall–Kier alpha value is -1.49. The summed E-state index contributed by atoms with van der Waals surface area (Å²) in [5, 5.41) is 0. The molecule has 1 saturated heterocycles. The number of ether oxygens (including phenoxy) is 2. The second kappa shape index (κ2) is 6.98. The van der Waals surface area contributed by atoms with Crippen molar-refractivity contribution in [1.29, 1.82) is 0 Å². The molecule has 5 heteroatoms. The fourth-order valence-electron chi connectivity index (χ4n) is 2.71. The summed E-state index contributed by atoms with van der Waals surface area (Å²) < 4.78 is 24.9. The van der Waals surface area contributed by atoms with E-state index >= 15 is 0 Å². The molecule has 2 rings (SSSR count). The number of halogens is 1. The maximum Gasteiger partial charge on any atom is 0.167 e. The lowest BCUT2D eigenvalue weighted by atomic mass is 9.95. The maximum atomic E-state index is 13.9. The van der Waals surface area contributed by atoms with Gasteiger partial charge in [0.25, 0.3) is 0 Å². The number of nitrogens with two attached hydrogens (primary N) is 1. The molecule has 0 aromatic heterocycles. The first-order valence-corrected chi connectivity index (χ1v) is 7.56. The number of nitrogens with zero attached hydrogens (tertiary/aromatic N) is 1. The van der Waals surface area contributed by atoms with Gasteiger partial charge >= 0.3 is 0 Å². The highest BCUT2D eigenvalue weighted by atomic mass is 19.1. The van der Waals surface area contributed by atoms with E-state index < -0.39 is 5.82 Å². The Labute approximate surface area is 126 Å². The minimum absolute atomic E-state index is 0.170. The largest absolute Gasteiger partial charge is 0.490 e. The van der Waals surface area contributed by atoms with Crippen LogP contribution >= 0.6 is 0 Å². The number of rotatable bonds is 5. The molecule has 2 unspecified atom stereocenters. The second-order valence-electron chi connectivity index (χ2n) is 5.68. The van der Waals surface area contributed by atoms with E-state index in [4.69, 9.17) is 15.2 Å². The molecule has 1 aromatic carbocycles. The lowest BCUT2D eigenvalue weighted by Crippen LogP contribution is -2.44. The number of anilines is 2. The molecule has 0 radical (unpaired) electrons. The molecule has 2 N–H and O–H groups in total. The monoisotopic (exact) mass is 296 g/mol. The molecule has 4 nitrogen and oxygen atoms in total. The zero-order valence-corrected chi connectivity index (χ0v) is 13.1. The van der Waals surface area contributed by atoms with Crippen LogP contribution in [0.1, 0.15) is 26.7 Å². The molecule has 1 aromatic rings. The third kappa shape index (κ3) is 3.59. The van der Waals surface area contributed by atoms with Crippen molar-refractivity contribution in [2.45, 2.75) is 32.8 Å². The fraction of sp³-hybridized carbons (Fsp3) is 0.625. The van der Waals surface area contributed by atoms with Crippen LogP contribution in [0.2, 0.25) is 0 Å². The van der Waals surface area contributed by atoms with Crippen molar-refractivity contribution in [3.8, 4) is 5.75 Å². The van der Waals surface area contributed by atoms with Gasteiger partial charge in [-0.3, -0.25) is 0 Å². The molecule has 0 spiro atoms. The van der Waals surface area contributed by atoms with Crippen molar-refractivity contribution >= 4 is 11.4 Å². The first-order valence-electron chi connectivity index (χ1n) is 7.56. The van der Waals surface area contributed by atoms with Gasteiger partial charge in [0, 0.05) is 32.3 Å². The van der Waals surface area contributed by atoms with Crippen LogP contribution in [0.4, 0.5) is 15.8 Å². The van der Waals surface area contributed by atoms with E-state index in [1.807, 2.05) is 6.92 Å². The van der Waals surface area contributed by atoms with Crippen molar-refractivity contribution < 1.29 is 13.9 Å². The Bertz CT molecular complexity index is 482. The van der Waals surface area contributed by atoms with Crippen LogP contribution < -0.4 is 15.4 Å². The zero-order valence-electron chi connectivity index (χ0n) is 13.1. The van der Waals surface area contributed by atoms with Crippen molar-refractivity contribution in [3.63, 3.8) is 0 Å². The number of nitrogen functional groups attached to an aromatic ring is 1. The Kier molecular flexibility index (Phi) is 5.28. The van der Waals surface area contributed by atoms with E-state index in [1.54, 1.807) is 13.2 Å². The summed E-state index contributed by atoms with van der Waals surface area (Å²) in [6.45, 7) is 6.34. The van der Waals surface area contributed by atoms with Crippen molar-refractivity contribution in [2.24, 2.45) is 5.92 Å². The van der Waals surface area contributed by atoms with E-state index in [-0.39, 0.29) is 11.9 Å². The van der Waals surface area contributed by atoms with Gasteiger partial charge < -0.3 is 20.1 Å². The van der Waals surface area contributed by atoms with Gasteiger partial charge in [0.2, 0.25) is 0 Å². The highest BCUT2D eigenvalue weighted by Gasteiger charge is 2.27. The fourth-order valence-corrected chi connectivity index (χ4v) is 2.71. The molecule has 1 heterocycles. The van der Waals surface area contributed by atoms with Crippen LogP contribution in [-0.2, 0) is 4.74 Å². The van der Waals surface area contributed by atoms with Gasteiger partial charge in [-0.25, -0.2) is 4.39 Å². The number of benzene rings is 1. The SMILES string of the molecule is CCCOc1cc(N2CCC(C)C(OC)C2)c(N)cc1F. The highest BCUT2D eigenvalue weighted by molar-refractivity contribution is 5.70. The van der Waals surface area contributed by atoms with Crippen molar-refractivity contribution in [2.75, 3.05) is 37.4 Å². The van der Waals surface area contributed by atoms with Crippen LogP contribution in [0, 0.1) is 11.7 Å². The summed E-state index contributed by atoms with van der Waals surface area (Å²) in [5.41, 5.74) is 7.27. The second-order valence-corrected chi connectivity index (χ2v) is 5.68. The summed E-state index contributed by atoms with van der Waals surface area (Å²) in [6, 6.07) is 3.06. The van der Waals surface area contributed by atoms with Crippen LogP contribution in [-0.4, -0.2) is 32.9 Å². The quantitative estimate of drug-likeness (QED) is 0.848. The predicted octanol–water partition coefficient (Wildman–Crippen LogP) is 3.06. The maximum absolute atomic E-state index is 13.9. The molecule has 1 aliphatic rings. The van der Waals surface area contributed by atoms with E-state index in [9.17, 15) is 4.39 Å². The van der Waals surface area contributed by atoms with Crippen molar-refractivity contribution in [1.82, 2.24) is 0 Å². The van der Waals surface area contributed by atoms with Gasteiger partial charge in [0.1, 0.15) is 0 Å². The minimum Gasteiger partial charge on any atom is -0.490 e. The Morgan fingerprint density at radius 3 is 2.86 bits per heavy atom. The summed E-state index contributed by atoms with van der Waals surface area (Å²) in [5.74, 6) is 0.385. The van der Waals surface area contributed by atoms with Gasteiger partial charge in [-0.1, -0.05) is 13.8 Å². The molecule has 0 saturated carbocycles. The number of hydrogen-bond donors (Lipinski definition) is 1. The van der Waals surface area contributed by atoms with E-state index in [1.165, 1.54) is 6.07 Å². The molecule has 118 valence electrons. The number of hydrogen-bond acceptors (Lipinski definition) is 4. The predicted molar refractivity (Wildman–Crippen MR) is 83.4 cm³/mol. The average Bonchev–Trinajstić information content (AvgIpc) is 2.47. The van der Waals surface area contributed by atoms with Gasteiger partial charge in [0.15, 0.2) is 11.6 Å². The summed E-state index contributed by atoms with van der Waals surface area (Å²) in [4.78, 5) is 2.15. The molecule has 2 atom stereocenters. The first kappa shape index (κ1) is 15.9. The molecule has 1 fully saturated rings. The van der Waals surface area contributed by atoms with Gasteiger partial charge in [-0.2, -0.15) is 0 Å². The third-order valence-electron chi connectivity index (χ3n) is 4.08. The third-order valence-corrected chi connectivity index (χ3v) is 4.08. The van der Waals surface area contributed by atoms with E-state index in [0.29, 0.717) is 18.2 Å². The smallest absolute Gasteiger partial charge is 0.167 e. The van der Waals surface area contributed by atoms with Crippen LogP contribution in [0.25, 0.3) is 0 Å². The first-order chi connectivity index (χ1) is 10.1. The van der Waals surface area contributed by atoms with Gasteiger partial charge in [-0.05, 0) is 18.8 Å². The molecular weight excluding hydrogens is 271 g/mol. The summed E-state index contributed by atoms with van der Waals surface area (Å²) >= 11 is 0. The van der Waals surface area contributed by atoms with Crippen LogP contribution in [0.15, 0.2) is 12.1 Å². The Balaban J connectivity index is 2.22. The molecule has 0 amide bonds. The van der Waals surface area contributed by atoms with Gasteiger partial charge in [-0.15, -0.1) is 0 Å². The zero-order chi connectivity index (χ0) is 15.4. The van der Waals surface area contributed by atoms with Crippen LogP contribution in [0.3, 0.4) is 0 Å². The average molecular weight is 296 g/mol. The summed E-state index contributed by atoms with van der Waals surface area (Å²) in [7, 11) is 1.73. The van der Waals surface area contributed by atoms with Crippen molar-refractivity contribution in [3.05, 3.63) is 17.9 Å². The molecule has 0 aliphatic carbocycles. The molecule has 0 bridgehead atoms. The standard InChI is InChI=1S/C16H25FN2O2/c1-4-7-21-15-9-14(13(18)8-12(15)17)19-6-5-11(2)16(10-19)20-3/h8-9,11,16H,4-7,10,18H2,1-3H3. The van der Waals surface area contributed by atoms with E-state index in [2.05, 4.69) is 11.8 Å².